The van der Waals surface area contributed by atoms with E-state index >= 15 is 0 Å². The lowest BCUT2D eigenvalue weighted by molar-refractivity contribution is 0.0949. The predicted octanol–water partition coefficient (Wildman–Crippen LogP) is 2.52. The molecular formula is C16H11ClN4O. The van der Waals surface area contributed by atoms with E-state index in [0.717, 1.165) is 11.0 Å². The monoisotopic (exact) mass is 310 g/mol. The molecule has 2 aromatic heterocycles. The second-order valence-corrected chi connectivity index (χ2v) is 5.04. The number of benzene rings is 1. The van der Waals surface area contributed by atoms with Crippen molar-refractivity contribution in [1.82, 2.24) is 20.3 Å². The molecule has 2 N–H and O–H groups in total. The topological polar surface area (TPSA) is 70.7 Å². The van der Waals surface area contributed by atoms with Gasteiger partial charge in [0, 0.05) is 11.2 Å². The molecule has 2 heterocycles. The number of hydrogen-bond acceptors (Lipinski definition) is 3. The zero-order valence-electron chi connectivity index (χ0n) is 11.4. The van der Waals surface area contributed by atoms with Gasteiger partial charge in [-0.3, -0.25) is 4.79 Å². The summed E-state index contributed by atoms with van der Waals surface area (Å²) in [5.74, 6) is 2.81. The molecule has 1 aromatic carbocycles. The lowest BCUT2D eigenvalue weighted by Crippen LogP contribution is -2.23. The number of H-pyrrole nitrogens is 1. The van der Waals surface area contributed by atoms with E-state index in [1.54, 1.807) is 24.3 Å². The minimum Gasteiger partial charge on any atom is -0.345 e. The van der Waals surface area contributed by atoms with Gasteiger partial charge in [0.2, 0.25) is 0 Å². The van der Waals surface area contributed by atoms with Crippen molar-refractivity contribution < 1.29 is 4.79 Å². The average Bonchev–Trinajstić information content (AvgIpc) is 2.94. The normalized spacial score (nSPS) is 10.4. The van der Waals surface area contributed by atoms with Gasteiger partial charge >= 0.3 is 0 Å². The summed E-state index contributed by atoms with van der Waals surface area (Å²) in [6, 6.07) is 8.64. The summed E-state index contributed by atoms with van der Waals surface area (Å²) in [5, 5.41) is 3.40. The number of carbonyl (C=O) groups excluding carboxylic acids is 1. The van der Waals surface area contributed by atoms with Crippen LogP contribution in [0, 0.1) is 12.3 Å². The second-order valence-electron chi connectivity index (χ2n) is 4.60. The highest BCUT2D eigenvalue weighted by Crippen LogP contribution is 2.17. The Labute approximate surface area is 131 Å². The Morgan fingerprint density at radius 2 is 2.23 bits per heavy atom. The predicted molar refractivity (Wildman–Crippen MR) is 84.4 cm³/mol. The van der Waals surface area contributed by atoms with E-state index < -0.39 is 0 Å². The molecule has 0 unspecified atom stereocenters. The largest absolute Gasteiger partial charge is 0.345 e. The molecule has 0 aliphatic rings. The third-order valence-corrected chi connectivity index (χ3v) is 3.32. The van der Waals surface area contributed by atoms with E-state index in [-0.39, 0.29) is 12.5 Å². The summed E-state index contributed by atoms with van der Waals surface area (Å²) in [6.07, 6.45) is 6.67. The summed E-state index contributed by atoms with van der Waals surface area (Å²) >= 11 is 5.92. The Balaban J connectivity index is 1.70. The van der Waals surface area contributed by atoms with Gasteiger partial charge < -0.3 is 10.3 Å². The number of imidazole rings is 1. The molecule has 3 aromatic rings. The Morgan fingerprint density at radius 3 is 2.95 bits per heavy atom. The van der Waals surface area contributed by atoms with Crippen molar-refractivity contribution >= 4 is 28.5 Å². The van der Waals surface area contributed by atoms with Gasteiger partial charge in [0.15, 0.2) is 0 Å². The molecular weight excluding hydrogens is 300 g/mol. The molecule has 0 saturated heterocycles. The van der Waals surface area contributed by atoms with Crippen molar-refractivity contribution in [1.29, 1.82) is 0 Å². The van der Waals surface area contributed by atoms with Crippen molar-refractivity contribution in [2.45, 2.75) is 6.54 Å². The number of nitrogens with zero attached hydrogens (tertiary/aromatic N) is 2. The molecule has 0 saturated carbocycles. The first-order valence-corrected chi connectivity index (χ1v) is 6.88. The fraction of sp³-hybridized carbons (Fsp3) is 0.0625. The van der Waals surface area contributed by atoms with Crippen LogP contribution in [0.1, 0.15) is 21.9 Å². The number of rotatable bonds is 3. The third-order valence-electron chi connectivity index (χ3n) is 3.08. The lowest BCUT2D eigenvalue weighted by atomic mass is 10.2. The standard InChI is InChI=1S/C16H11ClN4O/c1-2-12-5-3-10(8-18-12)16(22)19-9-15-20-13-6-4-11(17)7-14(13)21-15/h1,3-8H,9H2,(H,19,22)(H,20,21). The first-order chi connectivity index (χ1) is 10.7. The van der Waals surface area contributed by atoms with Gasteiger partial charge in [0.25, 0.3) is 5.91 Å². The summed E-state index contributed by atoms with van der Waals surface area (Å²) in [4.78, 5) is 23.5. The van der Waals surface area contributed by atoms with Crippen LogP contribution in [0.5, 0.6) is 0 Å². The smallest absolute Gasteiger partial charge is 0.253 e. The van der Waals surface area contributed by atoms with Crippen LogP contribution in [0.3, 0.4) is 0 Å². The van der Waals surface area contributed by atoms with E-state index in [1.165, 1.54) is 6.20 Å². The molecule has 0 bridgehead atoms. The Morgan fingerprint density at radius 1 is 1.36 bits per heavy atom. The van der Waals surface area contributed by atoms with Gasteiger partial charge in [-0.15, -0.1) is 6.42 Å². The fourth-order valence-corrected chi connectivity index (χ4v) is 2.17. The number of aromatic amines is 1. The van der Waals surface area contributed by atoms with Gasteiger partial charge in [-0.05, 0) is 30.3 Å². The molecule has 0 atom stereocenters. The molecule has 0 aliphatic carbocycles. The molecule has 1 amide bonds. The molecule has 0 radical (unpaired) electrons. The summed E-state index contributed by atoms with van der Waals surface area (Å²) in [5.41, 5.74) is 2.56. The highest BCUT2D eigenvalue weighted by atomic mass is 35.5. The number of amides is 1. The first-order valence-electron chi connectivity index (χ1n) is 6.51. The molecule has 0 spiro atoms. The maximum Gasteiger partial charge on any atom is 0.253 e. The fourth-order valence-electron chi connectivity index (χ4n) is 2.00. The number of aromatic nitrogens is 3. The molecule has 0 aliphatic heterocycles. The maximum atomic E-state index is 12.0. The molecule has 0 fully saturated rings. The van der Waals surface area contributed by atoms with Gasteiger partial charge in [0.05, 0.1) is 23.1 Å². The average molecular weight is 311 g/mol. The number of carbonyl (C=O) groups is 1. The maximum absolute atomic E-state index is 12.0. The van der Waals surface area contributed by atoms with Crippen LogP contribution in [0.2, 0.25) is 5.02 Å². The van der Waals surface area contributed by atoms with Crippen molar-refractivity contribution in [3.8, 4) is 12.3 Å². The van der Waals surface area contributed by atoms with Crippen LogP contribution in [0.25, 0.3) is 11.0 Å². The number of halogens is 1. The quantitative estimate of drug-likeness (QED) is 0.730. The number of nitrogens with one attached hydrogen (secondary N) is 2. The van der Waals surface area contributed by atoms with E-state index in [0.29, 0.717) is 22.1 Å². The minimum atomic E-state index is -0.241. The highest BCUT2D eigenvalue weighted by molar-refractivity contribution is 6.31. The van der Waals surface area contributed by atoms with Crippen LogP contribution in [0.4, 0.5) is 0 Å². The second kappa shape index (κ2) is 5.88. The highest BCUT2D eigenvalue weighted by Gasteiger charge is 2.08. The van der Waals surface area contributed by atoms with Crippen LogP contribution in [0.15, 0.2) is 36.5 Å². The number of terminal acetylenes is 1. The SMILES string of the molecule is C#Cc1ccc(C(=O)NCc2nc3ccc(Cl)cc3[nH]2)cn1. The van der Waals surface area contributed by atoms with Crippen LogP contribution < -0.4 is 5.32 Å². The van der Waals surface area contributed by atoms with E-state index in [2.05, 4.69) is 26.2 Å². The van der Waals surface area contributed by atoms with Crippen molar-refractivity contribution in [3.05, 3.63) is 58.6 Å². The van der Waals surface area contributed by atoms with Crippen molar-refractivity contribution in [3.63, 3.8) is 0 Å². The Kier molecular flexibility index (Phi) is 3.77. The molecule has 108 valence electrons. The van der Waals surface area contributed by atoms with Crippen molar-refractivity contribution in [2.24, 2.45) is 0 Å². The summed E-state index contributed by atoms with van der Waals surface area (Å²) in [6.45, 7) is 0.280. The molecule has 22 heavy (non-hydrogen) atoms. The number of fused-ring (bicyclic) bond motifs is 1. The van der Waals surface area contributed by atoms with Gasteiger partial charge in [-0.2, -0.15) is 0 Å². The third kappa shape index (κ3) is 2.92. The minimum absolute atomic E-state index is 0.241. The van der Waals surface area contributed by atoms with Crippen LogP contribution in [-0.2, 0) is 6.54 Å². The molecule has 5 nitrogen and oxygen atoms in total. The Hall–Kier alpha value is -2.84. The van der Waals surface area contributed by atoms with Crippen molar-refractivity contribution in [2.75, 3.05) is 0 Å². The first kappa shape index (κ1) is 14.1. The van der Waals surface area contributed by atoms with Gasteiger partial charge in [0.1, 0.15) is 11.5 Å². The van der Waals surface area contributed by atoms with Crippen LogP contribution >= 0.6 is 11.6 Å². The van der Waals surface area contributed by atoms with Crippen LogP contribution in [-0.4, -0.2) is 20.9 Å². The Bertz CT molecular complexity index is 877. The molecule has 6 heteroatoms. The number of pyridine rings is 1. The van der Waals surface area contributed by atoms with Gasteiger partial charge in [-0.25, -0.2) is 9.97 Å². The zero-order valence-corrected chi connectivity index (χ0v) is 12.2. The molecule has 3 rings (SSSR count). The van der Waals surface area contributed by atoms with E-state index in [1.807, 2.05) is 6.07 Å². The lowest BCUT2D eigenvalue weighted by Gasteiger charge is -2.02. The van der Waals surface area contributed by atoms with E-state index in [4.69, 9.17) is 18.0 Å². The number of hydrogen-bond donors (Lipinski definition) is 2. The summed E-state index contributed by atoms with van der Waals surface area (Å²) in [7, 11) is 0. The van der Waals surface area contributed by atoms with E-state index in [9.17, 15) is 4.79 Å². The zero-order chi connectivity index (χ0) is 15.5. The summed E-state index contributed by atoms with van der Waals surface area (Å²) < 4.78 is 0. The van der Waals surface area contributed by atoms with Gasteiger partial charge in [-0.1, -0.05) is 17.5 Å².